The molecule has 0 spiro atoms. The third kappa shape index (κ3) is 4.14. The average Bonchev–Trinajstić information content (AvgIpc) is 3.42. The molecular formula is C24H27N9O. The molecule has 174 valence electrons. The van der Waals surface area contributed by atoms with Gasteiger partial charge in [-0.3, -0.25) is 4.79 Å². The number of aromatic nitrogens is 6. The summed E-state index contributed by atoms with van der Waals surface area (Å²) in [5.74, 6) is 1.29. The van der Waals surface area contributed by atoms with Crippen molar-refractivity contribution in [3.63, 3.8) is 0 Å². The highest BCUT2D eigenvalue weighted by Gasteiger charge is 2.30. The predicted molar refractivity (Wildman–Crippen MR) is 129 cm³/mol. The van der Waals surface area contributed by atoms with Crippen LogP contribution in [0.4, 0.5) is 11.6 Å². The second-order valence-electron chi connectivity index (χ2n) is 8.75. The molecule has 1 unspecified atom stereocenters. The van der Waals surface area contributed by atoms with Gasteiger partial charge in [0.15, 0.2) is 17.3 Å². The van der Waals surface area contributed by atoms with Crippen LogP contribution in [0.2, 0.25) is 0 Å². The Hall–Kier alpha value is -4.08. The SMILES string of the molecule is C=C1Nc2nc(-c3cn4ncnc4c(CC4CCCCC4)n3)nc(N)c2C1/C=C/C(=O)C=CN. The van der Waals surface area contributed by atoms with Gasteiger partial charge in [0.2, 0.25) is 0 Å². The third-order valence-corrected chi connectivity index (χ3v) is 6.42. The third-order valence-electron chi connectivity index (χ3n) is 6.42. The number of nitrogens with zero attached hydrogens (tertiary/aromatic N) is 6. The van der Waals surface area contributed by atoms with Crippen molar-refractivity contribution in [1.82, 2.24) is 29.5 Å². The molecule has 1 saturated carbocycles. The van der Waals surface area contributed by atoms with Gasteiger partial charge in [-0.1, -0.05) is 44.8 Å². The van der Waals surface area contributed by atoms with Crippen LogP contribution in [-0.2, 0) is 11.2 Å². The van der Waals surface area contributed by atoms with E-state index >= 15 is 0 Å². The maximum atomic E-state index is 11.8. The molecule has 1 aliphatic heterocycles. The van der Waals surface area contributed by atoms with Gasteiger partial charge in [-0.05, 0) is 24.6 Å². The van der Waals surface area contributed by atoms with E-state index in [-0.39, 0.29) is 11.7 Å². The highest BCUT2D eigenvalue weighted by atomic mass is 16.1. The lowest BCUT2D eigenvalue weighted by Gasteiger charge is -2.21. The number of carbonyl (C=O) groups is 1. The minimum Gasteiger partial charge on any atom is -0.404 e. The number of nitrogens with one attached hydrogen (secondary N) is 1. The van der Waals surface area contributed by atoms with Gasteiger partial charge in [-0.25, -0.2) is 24.5 Å². The Bertz CT molecular complexity index is 1320. The van der Waals surface area contributed by atoms with Crippen LogP contribution in [0.5, 0.6) is 0 Å². The fraction of sp³-hybridized carbons (Fsp3) is 0.333. The quantitative estimate of drug-likeness (QED) is 0.475. The van der Waals surface area contributed by atoms with Crippen molar-refractivity contribution in [3.05, 3.63) is 60.5 Å². The van der Waals surface area contributed by atoms with Crippen LogP contribution in [0.25, 0.3) is 17.2 Å². The van der Waals surface area contributed by atoms with E-state index in [1.165, 1.54) is 56.8 Å². The summed E-state index contributed by atoms with van der Waals surface area (Å²) in [5, 5.41) is 7.50. The lowest BCUT2D eigenvalue weighted by Crippen LogP contribution is -2.12. The molecule has 1 atom stereocenters. The molecule has 3 aromatic heterocycles. The number of rotatable bonds is 6. The minimum absolute atomic E-state index is 0.226. The second kappa shape index (κ2) is 9.05. The van der Waals surface area contributed by atoms with Gasteiger partial charge < -0.3 is 16.8 Å². The highest BCUT2D eigenvalue weighted by molar-refractivity contribution is 5.99. The van der Waals surface area contributed by atoms with Gasteiger partial charge in [0.1, 0.15) is 23.7 Å². The largest absolute Gasteiger partial charge is 0.404 e. The van der Waals surface area contributed by atoms with E-state index in [0.717, 1.165) is 17.8 Å². The van der Waals surface area contributed by atoms with Gasteiger partial charge in [-0.15, -0.1) is 0 Å². The lowest BCUT2D eigenvalue weighted by molar-refractivity contribution is -0.110. The first-order valence-corrected chi connectivity index (χ1v) is 11.5. The van der Waals surface area contributed by atoms with Crippen molar-refractivity contribution in [2.75, 3.05) is 11.1 Å². The van der Waals surface area contributed by atoms with Crippen molar-refractivity contribution in [2.45, 2.75) is 44.4 Å². The van der Waals surface area contributed by atoms with E-state index in [9.17, 15) is 4.79 Å². The van der Waals surface area contributed by atoms with Gasteiger partial charge in [0, 0.05) is 23.3 Å². The van der Waals surface area contributed by atoms with Crippen LogP contribution in [-0.4, -0.2) is 35.3 Å². The first-order chi connectivity index (χ1) is 16.5. The van der Waals surface area contributed by atoms with Gasteiger partial charge in [0.05, 0.1) is 11.9 Å². The standard InChI is InChI=1S/C24H27N9O/c1-14-17(8-7-16(34)9-10-25)20-21(26)31-22(32-23(20)29-14)19-12-33-24(27-13-28-33)18(30-19)11-15-5-3-2-4-6-15/h7-10,12-13,15,17H,1-6,11,25H2,(H3,26,29,31,32)/b8-7+,10-9?. The van der Waals surface area contributed by atoms with Crippen molar-refractivity contribution >= 4 is 23.1 Å². The Morgan fingerprint density at radius 2 is 2.03 bits per heavy atom. The van der Waals surface area contributed by atoms with Crippen LogP contribution >= 0.6 is 0 Å². The van der Waals surface area contributed by atoms with E-state index in [2.05, 4.69) is 31.9 Å². The number of carbonyl (C=O) groups excluding carboxylic acids is 1. The van der Waals surface area contributed by atoms with Crippen LogP contribution in [0.3, 0.4) is 0 Å². The smallest absolute Gasteiger partial charge is 0.183 e. The predicted octanol–water partition coefficient (Wildman–Crippen LogP) is 2.91. The Morgan fingerprint density at radius 3 is 2.82 bits per heavy atom. The number of nitrogen functional groups attached to an aromatic ring is 1. The van der Waals surface area contributed by atoms with Crippen molar-refractivity contribution in [3.8, 4) is 11.5 Å². The second-order valence-corrected chi connectivity index (χ2v) is 8.75. The zero-order valence-electron chi connectivity index (χ0n) is 18.8. The number of ketones is 1. The molecule has 5 N–H and O–H groups in total. The Balaban J connectivity index is 1.50. The van der Waals surface area contributed by atoms with Crippen LogP contribution in [0, 0.1) is 5.92 Å². The number of hydrogen-bond donors (Lipinski definition) is 3. The molecule has 0 saturated heterocycles. The summed E-state index contributed by atoms with van der Waals surface area (Å²) in [6.45, 7) is 4.05. The summed E-state index contributed by atoms with van der Waals surface area (Å²) in [6.07, 6.45) is 16.0. The monoisotopic (exact) mass is 457 g/mol. The van der Waals surface area contributed by atoms with Crippen molar-refractivity contribution in [1.29, 1.82) is 0 Å². The summed E-state index contributed by atoms with van der Waals surface area (Å²) in [4.78, 5) is 30.4. The van der Waals surface area contributed by atoms with Crippen molar-refractivity contribution in [2.24, 2.45) is 11.7 Å². The summed E-state index contributed by atoms with van der Waals surface area (Å²) < 4.78 is 1.72. The summed E-state index contributed by atoms with van der Waals surface area (Å²) >= 11 is 0. The van der Waals surface area contributed by atoms with E-state index in [0.29, 0.717) is 40.3 Å². The van der Waals surface area contributed by atoms with Gasteiger partial charge in [-0.2, -0.15) is 5.10 Å². The number of fused-ring (bicyclic) bond motifs is 2. The zero-order chi connectivity index (χ0) is 23.7. The molecule has 10 heteroatoms. The minimum atomic E-state index is -0.327. The van der Waals surface area contributed by atoms with Crippen LogP contribution in [0.15, 0.2) is 49.2 Å². The molecule has 1 aliphatic carbocycles. The van der Waals surface area contributed by atoms with E-state index < -0.39 is 0 Å². The number of allylic oxidation sites excluding steroid dienone is 3. The Morgan fingerprint density at radius 1 is 1.21 bits per heavy atom. The highest BCUT2D eigenvalue weighted by Crippen LogP contribution is 2.41. The molecule has 0 aromatic carbocycles. The molecule has 5 rings (SSSR count). The van der Waals surface area contributed by atoms with Crippen LogP contribution in [0.1, 0.15) is 49.3 Å². The number of hydrogen-bond acceptors (Lipinski definition) is 9. The molecule has 0 amide bonds. The maximum absolute atomic E-state index is 11.8. The molecule has 1 fully saturated rings. The van der Waals surface area contributed by atoms with Gasteiger partial charge in [0.25, 0.3) is 0 Å². The molecular weight excluding hydrogens is 430 g/mol. The molecule has 2 aliphatic rings. The molecule has 10 nitrogen and oxygen atoms in total. The first kappa shape index (κ1) is 21.7. The fourth-order valence-electron chi connectivity index (χ4n) is 4.76. The van der Waals surface area contributed by atoms with Gasteiger partial charge >= 0.3 is 0 Å². The zero-order valence-corrected chi connectivity index (χ0v) is 18.8. The Labute approximate surface area is 196 Å². The average molecular weight is 458 g/mol. The summed E-state index contributed by atoms with van der Waals surface area (Å²) in [5.41, 5.74) is 15.2. The number of anilines is 2. The normalized spacial score (nSPS) is 18.7. The van der Waals surface area contributed by atoms with E-state index in [1.807, 2.05) is 0 Å². The molecule has 34 heavy (non-hydrogen) atoms. The molecule has 3 aromatic rings. The van der Waals surface area contributed by atoms with Crippen molar-refractivity contribution < 1.29 is 4.79 Å². The molecule has 0 bridgehead atoms. The Kier molecular flexibility index (Phi) is 5.79. The number of nitrogens with two attached hydrogens (primary N) is 2. The van der Waals surface area contributed by atoms with E-state index in [4.69, 9.17) is 16.5 Å². The lowest BCUT2D eigenvalue weighted by atomic mass is 9.86. The maximum Gasteiger partial charge on any atom is 0.183 e. The topological polar surface area (TPSA) is 150 Å². The molecule has 4 heterocycles. The fourth-order valence-corrected chi connectivity index (χ4v) is 4.76. The first-order valence-electron chi connectivity index (χ1n) is 11.5. The summed E-state index contributed by atoms with van der Waals surface area (Å²) in [6, 6.07) is 0. The molecule has 0 radical (unpaired) electrons. The summed E-state index contributed by atoms with van der Waals surface area (Å²) in [7, 11) is 0. The van der Waals surface area contributed by atoms with Crippen LogP contribution < -0.4 is 16.8 Å². The van der Waals surface area contributed by atoms with E-state index in [1.54, 1.807) is 16.8 Å².